The Hall–Kier alpha value is -3.73. The smallest absolute Gasteiger partial charge is 0.259 e. The fourth-order valence-corrected chi connectivity index (χ4v) is 3.47. The number of rotatable bonds is 8. The first-order valence-electron chi connectivity index (χ1n) is 9.97. The summed E-state index contributed by atoms with van der Waals surface area (Å²) in [5, 5.41) is 3.72. The Kier molecular flexibility index (Phi) is 7.12. The van der Waals surface area contributed by atoms with Gasteiger partial charge in [0.15, 0.2) is 0 Å². The van der Waals surface area contributed by atoms with Crippen LogP contribution in [0.25, 0.3) is 0 Å². The second kappa shape index (κ2) is 9.82. The van der Waals surface area contributed by atoms with E-state index in [9.17, 15) is 22.8 Å². The molecule has 0 aromatic heterocycles. The molecule has 0 saturated heterocycles. The summed E-state index contributed by atoms with van der Waals surface area (Å²) in [5.41, 5.74) is 15.5. The molecule has 1 heterocycles. The van der Waals surface area contributed by atoms with E-state index < -0.39 is 36.1 Å². The molecule has 2 aromatic rings. The van der Waals surface area contributed by atoms with Crippen LogP contribution in [-0.2, 0) is 11.3 Å². The third kappa shape index (κ3) is 5.03. The zero-order valence-corrected chi connectivity index (χ0v) is 17.9. The number of primary amides is 1. The average Bonchev–Trinajstić information content (AvgIpc) is 3.14. The Labute approximate surface area is 188 Å². The quantitative estimate of drug-likeness (QED) is 0.475. The number of hydrazine groups is 1. The van der Waals surface area contributed by atoms with Crippen molar-refractivity contribution < 1.29 is 27.5 Å². The molecule has 0 aliphatic carbocycles. The third-order valence-electron chi connectivity index (χ3n) is 5.30. The van der Waals surface area contributed by atoms with Crippen LogP contribution in [0, 0.1) is 5.82 Å². The number of hydrogen-bond donors (Lipinski definition) is 4. The van der Waals surface area contributed by atoms with Gasteiger partial charge in [-0.05, 0) is 36.2 Å². The fraction of sp³-hybridized carbons (Fsp3) is 0.273. The number of nitrogens with one attached hydrogen (secondary N) is 2. The van der Waals surface area contributed by atoms with Crippen LogP contribution in [0.15, 0.2) is 53.9 Å². The second-order valence-corrected chi connectivity index (χ2v) is 7.44. The van der Waals surface area contributed by atoms with E-state index in [4.69, 9.17) is 16.2 Å². The largest absolute Gasteiger partial charge is 0.496 e. The first kappa shape index (κ1) is 23.9. The van der Waals surface area contributed by atoms with E-state index in [2.05, 4.69) is 10.7 Å². The van der Waals surface area contributed by atoms with E-state index >= 15 is 0 Å². The topological polar surface area (TPSA) is 123 Å². The molecule has 0 bridgehead atoms. The minimum absolute atomic E-state index is 0.0123. The summed E-state index contributed by atoms with van der Waals surface area (Å²) in [6.07, 6.45) is -2.70. The van der Waals surface area contributed by atoms with Crippen molar-refractivity contribution in [2.45, 2.75) is 32.0 Å². The highest BCUT2D eigenvalue weighted by molar-refractivity contribution is 5.97. The molecule has 0 radical (unpaired) electrons. The number of benzene rings is 2. The summed E-state index contributed by atoms with van der Waals surface area (Å²) in [4.78, 5) is 24.4. The maximum Gasteiger partial charge on any atom is 0.259 e. The van der Waals surface area contributed by atoms with Crippen LogP contribution < -0.4 is 26.9 Å². The number of nitrogens with two attached hydrogens (primary N) is 2. The zero-order chi connectivity index (χ0) is 24.3. The molecule has 0 spiro atoms. The van der Waals surface area contributed by atoms with E-state index in [0.717, 1.165) is 11.1 Å². The molecule has 0 fully saturated rings. The number of hydrogen-bond acceptors (Lipinski definition) is 6. The Morgan fingerprint density at radius 1 is 1.21 bits per heavy atom. The van der Waals surface area contributed by atoms with Crippen molar-refractivity contribution in [1.82, 2.24) is 15.8 Å². The van der Waals surface area contributed by atoms with Crippen molar-refractivity contribution >= 4 is 11.8 Å². The van der Waals surface area contributed by atoms with Gasteiger partial charge in [0.25, 0.3) is 12.3 Å². The maximum atomic E-state index is 13.5. The van der Waals surface area contributed by atoms with Crippen molar-refractivity contribution in [3.8, 4) is 5.75 Å². The summed E-state index contributed by atoms with van der Waals surface area (Å²) < 4.78 is 44.9. The SMILES string of the molecule is COc1ccc(F)cc1C(=O)NCc1ccc(C2NN(C(C)C(F)F)C(N)=C2C(N)=O)cc1. The summed E-state index contributed by atoms with van der Waals surface area (Å²) in [6.45, 7) is 1.40. The van der Waals surface area contributed by atoms with Crippen LogP contribution in [0.1, 0.15) is 34.5 Å². The Bertz CT molecular complexity index is 1080. The Morgan fingerprint density at radius 2 is 1.88 bits per heavy atom. The van der Waals surface area contributed by atoms with Gasteiger partial charge in [-0.2, -0.15) is 0 Å². The van der Waals surface area contributed by atoms with Gasteiger partial charge in [0.2, 0.25) is 5.91 Å². The van der Waals surface area contributed by atoms with Crippen LogP contribution in [-0.4, -0.2) is 36.4 Å². The monoisotopic (exact) mass is 463 g/mol. The number of carbonyl (C=O) groups excluding carboxylic acids is 2. The molecule has 176 valence electrons. The average molecular weight is 463 g/mol. The van der Waals surface area contributed by atoms with Crippen molar-refractivity contribution in [3.05, 3.63) is 76.4 Å². The lowest BCUT2D eigenvalue weighted by molar-refractivity contribution is -0.114. The molecule has 1 aliphatic heterocycles. The Balaban J connectivity index is 1.73. The fourth-order valence-electron chi connectivity index (χ4n) is 3.47. The van der Waals surface area contributed by atoms with Crippen molar-refractivity contribution in [2.75, 3.05) is 7.11 Å². The lowest BCUT2D eigenvalue weighted by atomic mass is 9.98. The molecule has 1 aliphatic rings. The highest BCUT2D eigenvalue weighted by Gasteiger charge is 2.38. The molecule has 2 unspecified atom stereocenters. The predicted octanol–water partition coefficient (Wildman–Crippen LogP) is 1.93. The Morgan fingerprint density at radius 3 is 2.45 bits per heavy atom. The van der Waals surface area contributed by atoms with E-state index in [0.29, 0.717) is 11.1 Å². The van der Waals surface area contributed by atoms with Gasteiger partial charge in [0.1, 0.15) is 23.4 Å². The number of carbonyl (C=O) groups is 2. The molecule has 33 heavy (non-hydrogen) atoms. The van der Waals surface area contributed by atoms with Crippen molar-refractivity contribution in [2.24, 2.45) is 11.5 Å². The third-order valence-corrected chi connectivity index (χ3v) is 5.30. The van der Waals surface area contributed by atoms with Gasteiger partial charge in [-0.3, -0.25) is 14.6 Å². The van der Waals surface area contributed by atoms with Gasteiger partial charge < -0.3 is 21.5 Å². The number of ether oxygens (including phenoxy) is 1. The van der Waals surface area contributed by atoms with Gasteiger partial charge in [0.05, 0.1) is 24.3 Å². The van der Waals surface area contributed by atoms with Crippen molar-refractivity contribution in [3.63, 3.8) is 0 Å². The number of amides is 2. The summed E-state index contributed by atoms with van der Waals surface area (Å²) in [7, 11) is 1.38. The number of alkyl halides is 2. The van der Waals surface area contributed by atoms with Gasteiger partial charge in [-0.25, -0.2) is 18.6 Å². The molecule has 2 amide bonds. The number of methoxy groups -OCH3 is 1. The first-order valence-corrected chi connectivity index (χ1v) is 9.97. The van der Waals surface area contributed by atoms with Crippen LogP contribution in [0.3, 0.4) is 0 Å². The summed E-state index contributed by atoms with van der Waals surface area (Å²) >= 11 is 0. The van der Waals surface area contributed by atoms with E-state index in [1.807, 2.05) is 0 Å². The molecule has 6 N–H and O–H groups in total. The molecule has 8 nitrogen and oxygen atoms in total. The highest BCUT2D eigenvalue weighted by atomic mass is 19.3. The summed E-state index contributed by atoms with van der Waals surface area (Å²) in [6, 6.07) is 8.25. The van der Waals surface area contributed by atoms with Crippen LogP contribution >= 0.6 is 0 Å². The molecule has 2 aromatic carbocycles. The van der Waals surface area contributed by atoms with E-state index in [1.165, 1.54) is 26.2 Å². The van der Waals surface area contributed by atoms with Crippen LogP contribution in [0.5, 0.6) is 5.75 Å². The van der Waals surface area contributed by atoms with Crippen molar-refractivity contribution in [1.29, 1.82) is 0 Å². The zero-order valence-electron chi connectivity index (χ0n) is 17.9. The lowest BCUT2D eigenvalue weighted by Gasteiger charge is -2.27. The molecule has 0 saturated carbocycles. The van der Waals surface area contributed by atoms with Gasteiger partial charge >= 0.3 is 0 Å². The predicted molar refractivity (Wildman–Crippen MR) is 114 cm³/mol. The van der Waals surface area contributed by atoms with Crippen LogP contribution in [0.2, 0.25) is 0 Å². The minimum atomic E-state index is -2.70. The normalized spacial score (nSPS) is 16.8. The van der Waals surface area contributed by atoms with Gasteiger partial charge in [-0.1, -0.05) is 24.3 Å². The first-order chi connectivity index (χ1) is 15.6. The maximum absolute atomic E-state index is 13.5. The van der Waals surface area contributed by atoms with E-state index in [-0.39, 0.29) is 29.3 Å². The number of halogens is 3. The molecule has 11 heteroatoms. The molecular weight excluding hydrogens is 439 g/mol. The summed E-state index contributed by atoms with van der Waals surface area (Å²) in [5.74, 6) is -1.82. The van der Waals surface area contributed by atoms with Gasteiger partial charge in [0, 0.05) is 6.54 Å². The standard InChI is InChI=1S/C22H24F3N5O3/c1-11(19(24)25)30-20(26)17(21(27)31)18(29-30)13-5-3-12(4-6-13)10-28-22(32)15-9-14(23)7-8-16(15)33-2/h3-9,11,18-19,29H,10,26H2,1-2H3,(H2,27,31)(H,28,32). The molecule has 3 rings (SSSR count). The van der Waals surface area contributed by atoms with Gasteiger partial charge in [-0.15, -0.1) is 0 Å². The second-order valence-electron chi connectivity index (χ2n) is 7.44. The highest BCUT2D eigenvalue weighted by Crippen LogP contribution is 2.32. The van der Waals surface area contributed by atoms with E-state index in [1.54, 1.807) is 24.3 Å². The number of nitrogens with zero attached hydrogens (tertiary/aromatic N) is 1. The molecule has 2 atom stereocenters. The minimum Gasteiger partial charge on any atom is -0.496 e. The lowest BCUT2D eigenvalue weighted by Crippen LogP contribution is -2.45. The molecular formula is C22H24F3N5O3. The van der Waals surface area contributed by atoms with Crippen LogP contribution in [0.4, 0.5) is 13.2 Å².